The molecular weight excluding hydrogens is 232 g/mol. The molecule has 18 heavy (non-hydrogen) atoms. The summed E-state index contributed by atoms with van der Waals surface area (Å²) in [6.07, 6.45) is 0.435. The molecule has 0 amide bonds. The van der Waals surface area contributed by atoms with E-state index >= 15 is 0 Å². The Hall–Kier alpha value is -0.650. The van der Waals surface area contributed by atoms with Gasteiger partial charge in [0.15, 0.2) is 0 Å². The van der Waals surface area contributed by atoms with Gasteiger partial charge in [-0.15, -0.1) is 0 Å². The molecule has 0 atom stereocenters. The zero-order valence-corrected chi connectivity index (χ0v) is 11.6. The second-order valence-corrected chi connectivity index (χ2v) is 6.22. The van der Waals surface area contributed by atoms with Crippen LogP contribution in [0.2, 0.25) is 0 Å². The summed E-state index contributed by atoms with van der Waals surface area (Å²) in [7, 11) is 0. The molecule has 0 aromatic rings. The van der Waals surface area contributed by atoms with E-state index in [4.69, 9.17) is 9.47 Å². The highest BCUT2D eigenvalue weighted by atomic mass is 16.6. The highest BCUT2D eigenvalue weighted by molar-refractivity contribution is 5.71. The van der Waals surface area contributed by atoms with Crippen molar-refractivity contribution >= 4 is 5.97 Å². The third-order valence-electron chi connectivity index (χ3n) is 3.42. The van der Waals surface area contributed by atoms with Crippen molar-refractivity contribution in [3.05, 3.63) is 0 Å². The van der Waals surface area contributed by atoms with Gasteiger partial charge in [-0.05, 0) is 20.8 Å². The number of rotatable bonds is 3. The Labute approximate surface area is 109 Å². The molecule has 0 aromatic heterocycles. The minimum Gasteiger partial charge on any atom is -0.460 e. The molecule has 0 saturated carbocycles. The van der Waals surface area contributed by atoms with Gasteiger partial charge in [-0.1, -0.05) is 0 Å². The molecule has 2 aliphatic heterocycles. The van der Waals surface area contributed by atoms with Crippen LogP contribution in [0, 0.1) is 0 Å². The SMILES string of the molecule is CC(C)(C)OC(=O)CC1(N2CCNCC2)COC1. The molecule has 2 aliphatic rings. The largest absolute Gasteiger partial charge is 0.460 e. The van der Waals surface area contributed by atoms with E-state index in [-0.39, 0.29) is 11.5 Å². The number of hydrogen-bond acceptors (Lipinski definition) is 5. The smallest absolute Gasteiger partial charge is 0.308 e. The minimum atomic E-state index is -0.410. The van der Waals surface area contributed by atoms with E-state index in [1.807, 2.05) is 20.8 Å². The number of nitrogens with one attached hydrogen (secondary N) is 1. The lowest BCUT2D eigenvalue weighted by Gasteiger charge is -2.50. The van der Waals surface area contributed by atoms with Crippen LogP contribution in [0.4, 0.5) is 0 Å². The van der Waals surface area contributed by atoms with Crippen LogP contribution in [0.5, 0.6) is 0 Å². The summed E-state index contributed by atoms with van der Waals surface area (Å²) < 4.78 is 10.8. The highest BCUT2D eigenvalue weighted by Gasteiger charge is 2.46. The van der Waals surface area contributed by atoms with E-state index in [2.05, 4.69) is 10.2 Å². The van der Waals surface area contributed by atoms with E-state index in [1.165, 1.54) is 0 Å². The maximum Gasteiger partial charge on any atom is 0.308 e. The van der Waals surface area contributed by atoms with Crippen molar-refractivity contribution in [2.24, 2.45) is 0 Å². The Morgan fingerprint density at radius 3 is 2.39 bits per heavy atom. The number of carbonyl (C=O) groups excluding carboxylic acids is 1. The molecule has 2 saturated heterocycles. The van der Waals surface area contributed by atoms with E-state index in [9.17, 15) is 4.79 Å². The number of ether oxygens (including phenoxy) is 2. The van der Waals surface area contributed by atoms with E-state index < -0.39 is 5.60 Å². The lowest BCUT2D eigenvalue weighted by atomic mass is 9.90. The zero-order valence-electron chi connectivity index (χ0n) is 11.6. The number of esters is 1. The van der Waals surface area contributed by atoms with Crippen LogP contribution >= 0.6 is 0 Å². The van der Waals surface area contributed by atoms with Gasteiger partial charge in [-0.2, -0.15) is 0 Å². The summed E-state index contributed by atoms with van der Waals surface area (Å²) >= 11 is 0. The second kappa shape index (κ2) is 5.15. The Balaban J connectivity index is 1.93. The predicted octanol–water partition coefficient (Wildman–Crippen LogP) is 0.392. The van der Waals surface area contributed by atoms with Crippen LogP contribution in [0.3, 0.4) is 0 Å². The van der Waals surface area contributed by atoms with Gasteiger partial charge >= 0.3 is 5.97 Å². The molecule has 2 heterocycles. The van der Waals surface area contributed by atoms with Crippen molar-refractivity contribution in [1.82, 2.24) is 10.2 Å². The number of hydrogen-bond donors (Lipinski definition) is 1. The first-order chi connectivity index (χ1) is 8.41. The van der Waals surface area contributed by atoms with Gasteiger partial charge in [0.2, 0.25) is 0 Å². The van der Waals surface area contributed by atoms with Crippen LogP contribution in [0.25, 0.3) is 0 Å². The molecule has 0 spiro atoms. The van der Waals surface area contributed by atoms with Crippen molar-refractivity contribution < 1.29 is 14.3 Å². The molecule has 0 aromatic carbocycles. The van der Waals surface area contributed by atoms with Gasteiger partial charge in [-0.3, -0.25) is 9.69 Å². The summed E-state index contributed by atoms with van der Waals surface area (Å²) in [6, 6.07) is 0. The predicted molar refractivity (Wildman–Crippen MR) is 68.5 cm³/mol. The minimum absolute atomic E-state index is 0.121. The van der Waals surface area contributed by atoms with Gasteiger partial charge in [0.25, 0.3) is 0 Å². The number of carbonyl (C=O) groups is 1. The Kier molecular flexibility index (Phi) is 3.94. The molecule has 104 valence electrons. The van der Waals surface area contributed by atoms with Gasteiger partial charge in [0.1, 0.15) is 5.60 Å². The van der Waals surface area contributed by atoms with Gasteiger partial charge in [0, 0.05) is 26.2 Å². The van der Waals surface area contributed by atoms with Gasteiger partial charge in [-0.25, -0.2) is 0 Å². The standard InChI is InChI=1S/C13H24N2O3/c1-12(2,3)18-11(16)8-13(9-17-10-13)15-6-4-14-5-7-15/h14H,4-10H2,1-3H3. The van der Waals surface area contributed by atoms with E-state index in [0.29, 0.717) is 19.6 Å². The van der Waals surface area contributed by atoms with Crippen LogP contribution in [-0.2, 0) is 14.3 Å². The topological polar surface area (TPSA) is 50.8 Å². The molecule has 5 heteroatoms. The van der Waals surface area contributed by atoms with Crippen molar-refractivity contribution in [2.75, 3.05) is 39.4 Å². The fourth-order valence-corrected chi connectivity index (χ4v) is 2.52. The van der Waals surface area contributed by atoms with Crippen LogP contribution in [-0.4, -0.2) is 61.4 Å². The molecule has 0 radical (unpaired) electrons. The molecule has 5 nitrogen and oxygen atoms in total. The molecule has 0 unspecified atom stereocenters. The number of piperazine rings is 1. The first kappa shape index (κ1) is 13.8. The monoisotopic (exact) mass is 256 g/mol. The molecule has 2 rings (SSSR count). The maximum atomic E-state index is 12.0. The fraction of sp³-hybridized carbons (Fsp3) is 0.923. The van der Waals surface area contributed by atoms with Crippen molar-refractivity contribution in [3.8, 4) is 0 Å². The highest BCUT2D eigenvalue weighted by Crippen LogP contribution is 2.30. The summed E-state index contributed by atoms with van der Waals surface area (Å²) in [5.41, 5.74) is -0.531. The quantitative estimate of drug-likeness (QED) is 0.740. The van der Waals surface area contributed by atoms with Crippen LogP contribution in [0.15, 0.2) is 0 Å². The van der Waals surface area contributed by atoms with E-state index in [0.717, 1.165) is 26.2 Å². The summed E-state index contributed by atoms with van der Waals surface area (Å²) in [5, 5.41) is 3.33. The van der Waals surface area contributed by atoms with Gasteiger partial charge in [0.05, 0.1) is 25.2 Å². The third-order valence-corrected chi connectivity index (χ3v) is 3.42. The maximum absolute atomic E-state index is 12.0. The van der Waals surface area contributed by atoms with Crippen LogP contribution < -0.4 is 5.32 Å². The first-order valence-corrected chi connectivity index (χ1v) is 6.67. The Bertz CT molecular complexity index is 302. The lowest BCUT2D eigenvalue weighted by molar-refractivity contribution is -0.178. The Morgan fingerprint density at radius 2 is 1.94 bits per heavy atom. The third kappa shape index (κ3) is 3.22. The fourth-order valence-electron chi connectivity index (χ4n) is 2.52. The van der Waals surface area contributed by atoms with Crippen molar-refractivity contribution in [2.45, 2.75) is 38.3 Å². The average Bonchev–Trinajstić information content (AvgIpc) is 2.22. The summed E-state index contributed by atoms with van der Waals surface area (Å²) in [5.74, 6) is -0.121. The molecule has 0 aliphatic carbocycles. The van der Waals surface area contributed by atoms with Crippen molar-refractivity contribution in [3.63, 3.8) is 0 Å². The second-order valence-electron chi connectivity index (χ2n) is 6.22. The van der Waals surface area contributed by atoms with Crippen molar-refractivity contribution in [1.29, 1.82) is 0 Å². The van der Waals surface area contributed by atoms with Gasteiger partial charge < -0.3 is 14.8 Å². The molecular formula is C13H24N2O3. The summed E-state index contributed by atoms with van der Waals surface area (Å²) in [4.78, 5) is 14.4. The Morgan fingerprint density at radius 1 is 1.33 bits per heavy atom. The molecule has 2 fully saturated rings. The van der Waals surface area contributed by atoms with E-state index in [1.54, 1.807) is 0 Å². The lowest BCUT2D eigenvalue weighted by Crippen LogP contribution is -2.66. The average molecular weight is 256 g/mol. The molecule has 1 N–H and O–H groups in total. The first-order valence-electron chi connectivity index (χ1n) is 6.67. The number of nitrogens with zero attached hydrogens (tertiary/aromatic N) is 1. The molecule has 0 bridgehead atoms. The zero-order chi connectivity index (χ0) is 13.2. The van der Waals surface area contributed by atoms with Crippen LogP contribution in [0.1, 0.15) is 27.2 Å². The normalized spacial score (nSPS) is 24.4. The summed E-state index contributed by atoms with van der Waals surface area (Å²) in [6.45, 7) is 10.9.